The Hall–Kier alpha value is -2.34. The molecule has 1 aromatic carbocycles. The predicted molar refractivity (Wildman–Crippen MR) is 69.4 cm³/mol. The third-order valence-corrected chi connectivity index (χ3v) is 2.84. The highest BCUT2D eigenvalue weighted by Gasteiger charge is 2.12. The van der Waals surface area contributed by atoms with Crippen molar-refractivity contribution < 1.29 is 9.15 Å². The van der Waals surface area contributed by atoms with Crippen LogP contribution in [0.1, 0.15) is 0 Å². The van der Waals surface area contributed by atoms with E-state index >= 15 is 0 Å². The topological polar surface area (TPSA) is 81.0 Å². The number of rotatable bonds is 2. The Morgan fingerprint density at radius 2 is 2.21 bits per heavy atom. The molecule has 0 fully saturated rings. The molecule has 3 rings (SSSR count). The van der Waals surface area contributed by atoms with Gasteiger partial charge >= 0.3 is 11.7 Å². The van der Waals surface area contributed by atoms with E-state index in [0.29, 0.717) is 16.4 Å². The molecule has 2 heterocycles. The normalized spacial score (nSPS) is 10.8. The van der Waals surface area contributed by atoms with Gasteiger partial charge in [-0.3, -0.25) is 4.98 Å². The van der Waals surface area contributed by atoms with Gasteiger partial charge in [0.25, 0.3) is 0 Å². The maximum Gasteiger partial charge on any atom is 0.351 e. The zero-order chi connectivity index (χ0) is 13.4. The maximum absolute atomic E-state index is 11.4. The van der Waals surface area contributed by atoms with E-state index in [1.54, 1.807) is 12.1 Å². The largest absolute Gasteiger partial charge is 0.467 e. The number of H-pyrrole nitrogens is 1. The molecule has 0 saturated heterocycles. The second kappa shape index (κ2) is 4.40. The number of furan rings is 1. The highest BCUT2D eigenvalue weighted by molar-refractivity contribution is 6.34. The van der Waals surface area contributed by atoms with Gasteiger partial charge in [-0.2, -0.15) is 4.98 Å². The molecule has 0 saturated carbocycles. The van der Waals surface area contributed by atoms with Crippen LogP contribution in [-0.2, 0) is 0 Å². The van der Waals surface area contributed by atoms with Crippen LogP contribution in [0.4, 0.5) is 0 Å². The van der Waals surface area contributed by atoms with Crippen molar-refractivity contribution in [1.82, 2.24) is 15.0 Å². The number of nitrogens with zero attached hydrogens (tertiary/aromatic N) is 2. The molecular formula is C12H8ClN3O3. The monoisotopic (exact) mass is 277 g/mol. The number of halogens is 1. The first-order valence-electron chi connectivity index (χ1n) is 5.38. The molecule has 0 amide bonds. The number of hydrogen-bond acceptors (Lipinski definition) is 5. The van der Waals surface area contributed by atoms with Crippen LogP contribution in [0, 0.1) is 0 Å². The number of ether oxygens (including phenoxy) is 1. The van der Waals surface area contributed by atoms with Gasteiger partial charge in [0.2, 0.25) is 0 Å². The van der Waals surface area contributed by atoms with E-state index in [9.17, 15) is 4.79 Å². The summed E-state index contributed by atoms with van der Waals surface area (Å²) in [6.07, 6.45) is 0. The van der Waals surface area contributed by atoms with E-state index in [1.807, 2.05) is 12.1 Å². The van der Waals surface area contributed by atoms with Crippen LogP contribution in [0.25, 0.3) is 22.6 Å². The second-order valence-electron chi connectivity index (χ2n) is 3.76. The number of hydrogen-bond donors (Lipinski definition) is 1. The lowest BCUT2D eigenvalue weighted by molar-refractivity contribution is 0.376. The fraction of sp³-hybridized carbons (Fsp3) is 0.0833. The number of aromatic amines is 1. The second-order valence-corrected chi connectivity index (χ2v) is 4.17. The average molecular weight is 278 g/mol. The van der Waals surface area contributed by atoms with E-state index in [4.69, 9.17) is 20.8 Å². The molecule has 2 aromatic heterocycles. The molecule has 0 unspecified atom stereocenters. The Bertz CT molecular complexity index is 809. The van der Waals surface area contributed by atoms with Crippen LogP contribution in [0.5, 0.6) is 6.01 Å². The van der Waals surface area contributed by atoms with Gasteiger partial charge < -0.3 is 9.15 Å². The lowest BCUT2D eigenvalue weighted by atomic mass is 10.2. The number of benzene rings is 1. The van der Waals surface area contributed by atoms with Crippen molar-refractivity contribution in [2.24, 2.45) is 0 Å². The van der Waals surface area contributed by atoms with E-state index in [0.717, 1.165) is 5.39 Å². The molecule has 0 aliphatic carbocycles. The lowest BCUT2D eigenvalue weighted by Gasteiger charge is -1.98. The van der Waals surface area contributed by atoms with Gasteiger partial charge in [-0.1, -0.05) is 23.7 Å². The summed E-state index contributed by atoms with van der Waals surface area (Å²) in [5.74, 6) is 0.630. The Kier molecular flexibility index (Phi) is 2.72. The predicted octanol–water partition coefficient (Wildman–Crippen LogP) is 2.24. The zero-order valence-electron chi connectivity index (χ0n) is 9.81. The Balaban J connectivity index is 2.21. The van der Waals surface area contributed by atoms with Gasteiger partial charge in [0.05, 0.1) is 12.1 Å². The van der Waals surface area contributed by atoms with Crippen molar-refractivity contribution in [2.45, 2.75) is 0 Å². The van der Waals surface area contributed by atoms with Crippen LogP contribution >= 0.6 is 11.6 Å². The molecule has 96 valence electrons. The molecule has 0 atom stereocenters. The quantitative estimate of drug-likeness (QED) is 0.777. The van der Waals surface area contributed by atoms with Crippen LogP contribution in [0.2, 0.25) is 5.02 Å². The van der Waals surface area contributed by atoms with Crippen molar-refractivity contribution in [1.29, 1.82) is 0 Å². The van der Waals surface area contributed by atoms with Gasteiger partial charge in [0.1, 0.15) is 0 Å². The number of fused-ring (bicyclic) bond motifs is 1. The molecular weight excluding hydrogens is 270 g/mol. The highest BCUT2D eigenvalue weighted by atomic mass is 35.5. The first-order chi connectivity index (χ1) is 9.17. The molecule has 7 heteroatoms. The minimum Gasteiger partial charge on any atom is -0.467 e. The minimum atomic E-state index is -0.562. The highest BCUT2D eigenvalue weighted by Crippen LogP contribution is 2.30. The molecule has 6 nitrogen and oxygen atoms in total. The Labute approximate surface area is 112 Å². The van der Waals surface area contributed by atoms with Crippen LogP contribution < -0.4 is 10.4 Å². The molecule has 0 aliphatic rings. The minimum absolute atomic E-state index is 0.0229. The fourth-order valence-corrected chi connectivity index (χ4v) is 1.94. The summed E-state index contributed by atoms with van der Waals surface area (Å²) in [5, 5.41) is 1.31. The summed E-state index contributed by atoms with van der Waals surface area (Å²) < 4.78 is 10.4. The van der Waals surface area contributed by atoms with E-state index in [1.165, 1.54) is 7.11 Å². The molecule has 19 heavy (non-hydrogen) atoms. The van der Waals surface area contributed by atoms with Gasteiger partial charge in [0.15, 0.2) is 17.2 Å². The SMILES string of the molecule is COc1nc(-c2cc3cccc(Cl)c3o2)[nH]c(=O)n1. The van der Waals surface area contributed by atoms with Crippen LogP contribution in [0.15, 0.2) is 33.5 Å². The van der Waals surface area contributed by atoms with E-state index in [-0.39, 0.29) is 11.8 Å². The van der Waals surface area contributed by atoms with Gasteiger partial charge in [-0.15, -0.1) is 4.98 Å². The summed E-state index contributed by atoms with van der Waals surface area (Å²) >= 11 is 6.02. The van der Waals surface area contributed by atoms with Gasteiger partial charge in [0, 0.05) is 5.39 Å². The standard InChI is InChI=1S/C12H8ClN3O3/c1-18-12-15-10(14-11(17)16-12)8-5-6-3-2-4-7(13)9(6)19-8/h2-5H,1H3,(H,14,15,16,17). The van der Waals surface area contributed by atoms with Gasteiger partial charge in [-0.05, 0) is 12.1 Å². The summed E-state index contributed by atoms with van der Waals surface area (Å²) in [6, 6.07) is 7.10. The third-order valence-electron chi connectivity index (χ3n) is 2.54. The van der Waals surface area contributed by atoms with Crippen molar-refractivity contribution >= 4 is 22.6 Å². The molecule has 0 aliphatic heterocycles. The fourth-order valence-electron chi connectivity index (χ4n) is 1.72. The molecule has 0 radical (unpaired) electrons. The molecule has 3 aromatic rings. The number of methoxy groups -OCH3 is 1. The maximum atomic E-state index is 11.4. The van der Waals surface area contributed by atoms with Gasteiger partial charge in [-0.25, -0.2) is 4.79 Å². The van der Waals surface area contributed by atoms with Crippen molar-refractivity contribution in [3.8, 4) is 17.6 Å². The zero-order valence-corrected chi connectivity index (χ0v) is 10.6. The first kappa shape index (κ1) is 11.7. The van der Waals surface area contributed by atoms with E-state index in [2.05, 4.69) is 15.0 Å². The number of nitrogens with one attached hydrogen (secondary N) is 1. The smallest absolute Gasteiger partial charge is 0.351 e. The van der Waals surface area contributed by atoms with Crippen molar-refractivity contribution in [3.05, 3.63) is 39.8 Å². The van der Waals surface area contributed by atoms with Crippen LogP contribution in [0.3, 0.4) is 0 Å². The molecule has 0 bridgehead atoms. The third kappa shape index (κ3) is 2.06. The molecule has 1 N–H and O–H groups in total. The number of aromatic nitrogens is 3. The Morgan fingerprint density at radius 3 is 2.95 bits per heavy atom. The van der Waals surface area contributed by atoms with Crippen LogP contribution in [-0.4, -0.2) is 22.1 Å². The lowest BCUT2D eigenvalue weighted by Crippen LogP contribution is -2.14. The number of para-hydroxylation sites is 1. The summed E-state index contributed by atoms with van der Waals surface area (Å²) in [7, 11) is 1.38. The average Bonchev–Trinajstić information content (AvgIpc) is 2.83. The van der Waals surface area contributed by atoms with E-state index < -0.39 is 5.69 Å². The van der Waals surface area contributed by atoms with Crippen molar-refractivity contribution in [2.75, 3.05) is 7.11 Å². The summed E-state index contributed by atoms with van der Waals surface area (Å²) in [4.78, 5) is 21.4. The summed E-state index contributed by atoms with van der Waals surface area (Å²) in [5.41, 5.74) is -0.0222. The summed E-state index contributed by atoms with van der Waals surface area (Å²) in [6.45, 7) is 0. The first-order valence-corrected chi connectivity index (χ1v) is 5.76. The van der Waals surface area contributed by atoms with Crippen molar-refractivity contribution in [3.63, 3.8) is 0 Å². The Morgan fingerprint density at radius 1 is 1.37 bits per heavy atom. The molecule has 0 spiro atoms.